The van der Waals surface area contributed by atoms with Crippen molar-refractivity contribution in [3.05, 3.63) is 85.5 Å². The predicted octanol–water partition coefficient (Wildman–Crippen LogP) is 3.65. The smallest absolute Gasteiger partial charge is 0.313 e. The number of carbonyl (C=O) groups is 4. The number of nitrogens with zero attached hydrogens (tertiary/aromatic N) is 6. The molecule has 1 spiro atoms. The quantitative estimate of drug-likeness (QED) is 0.174. The number of likely N-dealkylation sites (N-methyl/N-ethyl adjacent to an activating group) is 1. The third-order valence-electron chi connectivity index (χ3n) is 11.1. The molecule has 4 heterocycles. The normalized spacial score (nSPS) is 25.0. The number of carbonyl (C=O) groups excluding carboxylic acids is 4. The van der Waals surface area contributed by atoms with Crippen molar-refractivity contribution in [2.45, 2.75) is 88.6 Å². The van der Waals surface area contributed by atoms with E-state index in [0.29, 0.717) is 36.8 Å². The van der Waals surface area contributed by atoms with Crippen molar-refractivity contribution in [2.24, 2.45) is 11.8 Å². The van der Waals surface area contributed by atoms with E-state index < -0.39 is 65.6 Å². The molecule has 3 aromatic rings. The first-order valence-electron chi connectivity index (χ1n) is 18.0. The van der Waals surface area contributed by atoms with E-state index in [-0.39, 0.29) is 32.1 Å². The molecule has 8 atom stereocenters. The molecule has 0 aliphatic carbocycles. The number of esters is 1. The molecule has 276 valence electrons. The van der Waals surface area contributed by atoms with Crippen LogP contribution in [-0.4, -0.2) is 109 Å². The summed E-state index contributed by atoms with van der Waals surface area (Å²) in [5.41, 5.74) is 0.786. The van der Waals surface area contributed by atoms with E-state index in [9.17, 15) is 24.3 Å². The molecule has 13 heteroatoms. The van der Waals surface area contributed by atoms with Crippen molar-refractivity contribution in [1.82, 2.24) is 29.7 Å². The minimum absolute atomic E-state index is 0.0329. The van der Waals surface area contributed by atoms with Crippen LogP contribution in [0.2, 0.25) is 0 Å². The molecule has 52 heavy (non-hydrogen) atoms. The minimum Gasteiger partial charge on any atom is -0.455 e. The number of rotatable bonds is 16. The first-order chi connectivity index (χ1) is 25.1. The lowest BCUT2D eigenvalue weighted by Crippen LogP contribution is -2.58. The zero-order valence-corrected chi connectivity index (χ0v) is 30.0. The molecule has 3 fully saturated rings. The lowest BCUT2D eigenvalue weighted by molar-refractivity contribution is -0.165. The number of aliphatic hydroxyl groups is 1. The number of aromatic nitrogens is 3. The van der Waals surface area contributed by atoms with Crippen LogP contribution in [-0.2, 0) is 35.3 Å². The number of allylic oxidation sites excluding steroid dienone is 1. The predicted molar refractivity (Wildman–Crippen MR) is 192 cm³/mol. The molecule has 0 saturated carbocycles. The summed E-state index contributed by atoms with van der Waals surface area (Å²) in [5.74, 6) is -3.57. The highest BCUT2D eigenvalue weighted by atomic mass is 16.6. The van der Waals surface area contributed by atoms with Crippen molar-refractivity contribution in [3.8, 4) is 0 Å². The maximum absolute atomic E-state index is 14.9. The van der Waals surface area contributed by atoms with Crippen LogP contribution in [0.4, 0.5) is 0 Å². The van der Waals surface area contributed by atoms with Gasteiger partial charge in [0.25, 0.3) is 0 Å². The topological polar surface area (TPSA) is 147 Å². The van der Waals surface area contributed by atoms with E-state index in [1.54, 1.807) is 33.7 Å². The second kappa shape index (κ2) is 15.4. The van der Waals surface area contributed by atoms with Gasteiger partial charge in [-0.25, -0.2) is 4.68 Å². The van der Waals surface area contributed by atoms with Gasteiger partial charge in [-0.1, -0.05) is 66.8 Å². The fourth-order valence-electron chi connectivity index (χ4n) is 8.30. The molecule has 0 radical (unpaired) electrons. The summed E-state index contributed by atoms with van der Waals surface area (Å²) in [6.45, 7) is 11.1. The zero-order valence-electron chi connectivity index (χ0n) is 30.0. The third-order valence-corrected chi connectivity index (χ3v) is 11.1. The summed E-state index contributed by atoms with van der Waals surface area (Å²) in [6, 6.07) is 14.3. The molecule has 3 amide bonds. The third kappa shape index (κ3) is 6.40. The zero-order chi connectivity index (χ0) is 37.2. The lowest BCUT2D eigenvalue weighted by atomic mass is 9.70. The summed E-state index contributed by atoms with van der Waals surface area (Å²) in [6.07, 6.45) is 3.77. The highest BCUT2D eigenvalue weighted by Gasteiger charge is 2.75. The number of hydrogen-bond donors (Lipinski definition) is 1. The standard InChI is InChI=1S/C39H48N6O7/c1-6-9-19-31(47)42(5)25(4)34(26-15-11-10-12-16-26)51-38(50)32-30-20-21-39(52-30)33(32)36(48)45(27(8-3)23-46)35(39)37(49)43(22-7-2)24-44-29-18-14-13-17-28(29)40-41-44/h6-7,10-18,25,27,30,32-35,46H,1-2,8-9,19-24H2,3-5H3/t25-,27+,30+,32-,33-,34+,35+,39-/m1/s1. The van der Waals surface area contributed by atoms with Gasteiger partial charge in [-0.3, -0.25) is 19.2 Å². The highest BCUT2D eigenvalue weighted by Crippen LogP contribution is 2.59. The maximum atomic E-state index is 14.9. The van der Waals surface area contributed by atoms with E-state index in [1.165, 1.54) is 4.90 Å². The van der Waals surface area contributed by atoms with Crippen LogP contribution < -0.4 is 0 Å². The largest absolute Gasteiger partial charge is 0.455 e. The van der Waals surface area contributed by atoms with Gasteiger partial charge in [-0.15, -0.1) is 18.3 Å². The van der Waals surface area contributed by atoms with Crippen molar-refractivity contribution in [2.75, 3.05) is 20.2 Å². The Bertz CT molecular complexity index is 1810. The van der Waals surface area contributed by atoms with Crippen LogP contribution in [0.25, 0.3) is 11.0 Å². The van der Waals surface area contributed by atoms with Crippen LogP contribution in [0.15, 0.2) is 79.9 Å². The Kier molecular flexibility index (Phi) is 10.9. The molecular formula is C39H48N6O7. The first kappa shape index (κ1) is 36.9. The Morgan fingerprint density at radius 3 is 2.56 bits per heavy atom. The van der Waals surface area contributed by atoms with Gasteiger partial charge in [0, 0.05) is 20.0 Å². The second-order valence-corrected chi connectivity index (χ2v) is 14.0. The maximum Gasteiger partial charge on any atom is 0.313 e. The monoisotopic (exact) mass is 712 g/mol. The summed E-state index contributed by atoms with van der Waals surface area (Å²) in [4.78, 5) is 61.6. The van der Waals surface area contributed by atoms with Crippen LogP contribution in [0.1, 0.15) is 57.6 Å². The van der Waals surface area contributed by atoms with E-state index in [2.05, 4.69) is 23.5 Å². The van der Waals surface area contributed by atoms with Crippen LogP contribution in [0.3, 0.4) is 0 Å². The minimum atomic E-state index is -1.32. The summed E-state index contributed by atoms with van der Waals surface area (Å²) < 4.78 is 14.6. The molecular weight excluding hydrogens is 664 g/mol. The lowest BCUT2D eigenvalue weighted by Gasteiger charge is -2.39. The van der Waals surface area contributed by atoms with Gasteiger partial charge in [0.05, 0.1) is 42.1 Å². The number of para-hydroxylation sites is 1. The van der Waals surface area contributed by atoms with Gasteiger partial charge < -0.3 is 29.3 Å². The average molecular weight is 713 g/mol. The molecule has 1 N–H and O–H groups in total. The molecule has 6 rings (SSSR count). The Balaban J connectivity index is 1.33. The highest BCUT2D eigenvalue weighted by molar-refractivity contribution is 5.98. The van der Waals surface area contributed by atoms with Crippen LogP contribution in [0, 0.1) is 11.8 Å². The molecule has 3 aliphatic heterocycles. The summed E-state index contributed by atoms with van der Waals surface area (Å²) in [7, 11) is 1.68. The van der Waals surface area contributed by atoms with Gasteiger partial charge >= 0.3 is 5.97 Å². The Morgan fingerprint density at radius 2 is 1.87 bits per heavy atom. The van der Waals surface area contributed by atoms with Crippen LogP contribution >= 0.6 is 0 Å². The average Bonchev–Trinajstić information content (AvgIpc) is 3.92. The number of hydrogen-bond acceptors (Lipinski definition) is 9. The number of amides is 3. The summed E-state index contributed by atoms with van der Waals surface area (Å²) in [5, 5.41) is 19.0. The Labute approximate surface area is 303 Å². The molecule has 3 saturated heterocycles. The van der Waals surface area contributed by atoms with Crippen molar-refractivity contribution >= 4 is 34.7 Å². The number of fused-ring (bicyclic) bond motifs is 2. The van der Waals surface area contributed by atoms with E-state index in [0.717, 1.165) is 5.52 Å². The van der Waals surface area contributed by atoms with Crippen molar-refractivity contribution in [1.29, 1.82) is 0 Å². The van der Waals surface area contributed by atoms with Gasteiger partial charge in [-0.05, 0) is 50.3 Å². The SMILES string of the molecule is C=CCCC(=O)N(C)[C@H](C)[C@H](OC(=O)[C@@H]1[C@@H]2CC[C@]3(O2)[C@H](C(=O)N(CC=C)Cn2nnc4ccccc42)N([C@@H](CC)CO)C(=O)[C@@H]13)c1ccccc1. The molecule has 0 unspecified atom stereocenters. The van der Waals surface area contributed by atoms with Gasteiger partial charge in [-0.2, -0.15) is 0 Å². The molecule has 1 aromatic heterocycles. The number of benzene rings is 2. The molecule has 2 aromatic carbocycles. The number of aliphatic hydroxyl groups excluding tert-OH is 1. The Morgan fingerprint density at radius 1 is 1.13 bits per heavy atom. The van der Waals surface area contributed by atoms with E-state index >= 15 is 0 Å². The van der Waals surface area contributed by atoms with Gasteiger partial charge in [0.1, 0.15) is 29.9 Å². The molecule has 3 aliphatic rings. The van der Waals surface area contributed by atoms with Gasteiger partial charge in [0.2, 0.25) is 17.7 Å². The van der Waals surface area contributed by atoms with Crippen LogP contribution in [0.5, 0.6) is 0 Å². The number of likely N-dealkylation sites (tertiary alicyclic amines) is 1. The first-order valence-corrected chi connectivity index (χ1v) is 18.0. The Hall–Kier alpha value is -4.88. The fourth-order valence-corrected chi connectivity index (χ4v) is 8.30. The van der Waals surface area contributed by atoms with Crippen molar-refractivity contribution < 1.29 is 33.8 Å². The number of ether oxygens (including phenoxy) is 2. The van der Waals surface area contributed by atoms with Gasteiger partial charge in [0.15, 0.2) is 0 Å². The fraction of sp³-hybridized carbons (Fsp3) is 0.487. The van der Waals surface area contributed by atoms with Crippen molar-refractivity contribution in [3.63, 3.8) is 0 Å². The van der Waals surface area contributed by atoms with E-state index in [1.807, 2.05) is 68.4 Å². The second-order valence-electron chi connectivity index (χ2n) is 14.0. The molecule has 13 nitrogen and oxygen atoms in total. The summed E-state index contributed by atoms with van der Waals surface area (Å²) >= 11 is 0. The van der Waals surface area contributed by atoms with E-state index in [4.69, 9.17) is 9.47 Å². The molecule has 2 bridgehead atoms.